The highest BCUT2D eigenvalue weighted by Gasteiger charge is 2.26. The van der Waals surface area contributed by atoms with Crippen LogP contribution < -0.4 is 15.5 Å². The van der Waals surface area contributed by atoms with Crippen LogP contribution in [0.4, 0.5) is 5.69 Å². The van der Waals surface area contributed by atoms with Crippen molar-refractivity contribution in [1.82, 2.24) is 10.6 Å². The molecule has 3 aromatic rings. The number of amides is 2. The van der Waals surface area contributed by atoms with E-state index < -0.39 is 0 Å². The van der Waals surface area contributed by atoms with Gasteiger partial charge >= 0.3 is 0 Å². The van der Waals surface area contributed by atoms with E-state index in [-0.39, 0.29) is 23.9 Å². The molecule has 0 spiro atoms. The van der Waals surface area contributed by atoms with Gasteiger partial charge in [-0.1, -0.05) is 42.5 Å². The van der Waals surface area contributed by atoms with Crippen molar-refractivity contribution in [2.45, 2.75) is 50.6 Å². The number of aryl methyl sites for hydroxylation is 1. The summed E-state index contributed by atoms with van der Waals surface area (Å²) in [5, 5.41) is 8.50. The largest absolute Gasteiger partial charge is 0.371 e. The normalized spacial score (nSPS) is 18.2. The monoisotopic (exact) mass is 473 g/mol. The van der Waals surface area contributed by atoms with E-state index in [2.05, 4.69) is 39.8 Å². The second-order valence-electron chi connectivity index (χ2n) is 9.22. The molecular formula is C28H31N3O2S. The number of carbonyl (C=O) groups is 2. The van der Waals surface area contributed by atoms with E-state index in [9.17, 15) is 9.59 Å². The Morgan fingerprint density at radius 2 is 1.71 bits per heavy atom. The second kappa shape index (κ2) is 10.4. The highest BCUT2D eigenvalue weighted by molar-refractivity contribution is 7.10. The predicted molar refractivity (Wildman–Crippen MR) is 137 cm³/mol. The minimum Gasteiger partial charge on any atom is -0.371 e. The maximum Gasteiger partial charge on any atom is 0.253 e. The van der Waals surface area contributed by atoms with Gasteiger partial charge < -0.3 is 15.5 Å². The van der Waals surface area contributed by atoms with Crippen molar-refractivity contribution in [2.24, 2.45) is 0 Å². The molecule has 2 heterocycles. The van der Waals surface area contributed by atoms with Crippen molar-refractivity contribution in [1.29, 1.82) is 0 Å². The number of nitrogens with zero attached hydrogens (tertiary/aromatic N) is 1. The molecule has 5 nitrogen and oxygen atoms in total. The Hall–Kier alpha value is -3.12. The van der Waals surface area contributed by atoms with Gasteiger partial charge in [-0.3, -0.25) is 9.59 Å². The van der Waals surface area contributed by atoms with E-state index in [1.165, 1.54) is 11.1 Å². The Balaban J connectivity index is 1.21. The van der Waals surface area contributed by atoms with Crippen molar-refractivity contribution in [3.05, 3.63) is 87.6 Å². The number of hydrogen-bond donors (Lipinski definition) is 2. The Morgan fingerprint density at radius 1 is 0.912 bits per heavy atom. The van der Waals surface area contributed by atoms with Crippen molar-refractivity contribution < 1.29 is 9.59 Å². The van der Waals surface area contributed by atoms with Crippen LogP contribution in [0, 0.1) is 0 Å². The molecule has 1 atom stereocenters. The van der Waals surface area contributed by atoms with Crippen LogP contribution in [-0.4, -0.2) is 30.9 Å². The molecule has 1 saturated heterocycles. The van der Waals surface area contributed by atoms with Gasteiger partial charge in [0.15, 0.2) is 0 Å². The number of benzene rings is 2. The third-order valence-electron chi connectivity index (χ3n) is 6.94. The summed E-state index contributed by atoms with van der Waals surface area (Å²) in [4.78, 5) is 29.1. The predicted octanol–water partition coefficient (Wildman–Crippen LogP) is 4.88. The first-order chi connectivity index (χ1) is 16.7. The Labute approximate surface area is 205 Å². The number of carbonyl (C=O) groups excluding carboxylic acids is 2. The maximum atomic E-state index is 13.4. The lowest BCUT2D eigenvalue weighted by Crippen LogP contribution is -2.45. The summed E-state index contributed by atoms with van der Waals surface area (Å²) < 4.78 is 0. The summed E-state index contributed by atoms with van der Waals surface area (Å²) in [7, 11) is 0. The molecular weight excluding hydrogens is 442 g/mol. The number of piperidine rings is 1. The summed E-state index contributed by atoms with van der Waals surface area (Å²) in [6.07, 6.45) is 5.35. The summed E-state index contributed by atoms with van der Waals surface area (Å²) in [5.74, 6) is 0.0807. The number of fused-ring (bicyclic) bond motifs is 1. The van der Waals surface area contributed by atoms with Crippen LogP contribution >= 0.6 is 11.3 Å². The fourth-order valence-electron chi connectivity index (χ4n) is 5.20. The molecule has 2 aliphatic rings. The van der Waals surface area contributed by atoms with Crippen molar-refractivity contribution in [3.63, 3.8) is 0 Å². The standard InChI is InChI=1S/C28H31N3O2S/c32-27(19-22-9-6-18-34-22)29-21-14-16-31(17-15-21)26-13-4-3-11-24(26)28(33)30-25-12-5-8-20-7-1-2-10-23(20)25/h1-4,6-7,9-11,13,18,21,25H,5,8,12,14-17,19H2,(H,29,32)(H,30,33). The molecule has 1 unspecified atom stereocenters. The molecule has 5 rings (SSSR count). The minimum absolute atomic E-state index is 0.0105. The molecule has 34 heavy (non-hydrogen) atoms. The number of rotatable bonds is 6. The van der Waals surface area contributed by atoms with Gasteiger partial charge in [-0.25, -0.2) is 0 Å². The van der Waals surface area contributed by atoms with Crippen LogP contribution in [0.25, 0.3) is 0 Å². The molecule has 1 fully saturated rings. The summed E-state index contributed by atoms with van der Waals surface area (Å²) in [5.41, 5.74) is 4.30. The minimum atomic E-state index is -0.0105. The van der Waals surface area contributed by atoms with E-state index in [1.807, 2.05) is 41.8 Å². The van der Waals surface area contributed by atoms with E-state index in [0.29, 0.717) is 6.42 Å². The van der Waals surface area contributed by atoms with Gasteiger partial charge in [0.2, 0.25) is 5.91 Å². The van der Waals surface area contributed by atoms with E-state index in [1.54, 1.807) is 11.3 Å². The molecule has 2 N–H and O–H groups in total. The van der Waals surface area contributed by atoms with Crippen LogP contribution in [0.1, 0.15) is 58.1 Å². The van der Waals surface area contributed by atoms with E-state index >= 15 is 0 Å². The lowest BCUT2D eigenvalue weighted by atomic mass is 9.87. The van der Waals surface area contributed by atoms with Crippen molar-refractivity contribution in [3.8, 4) is 0 Å². The summed E-state index contributed by atoms with van der Waals surface area (Å²) in [6.45, 7) is 1.64. The molecule has 1 aliphatic carbocycles. The zero-order valence-corrected chi connectivity index (χ0v) is 20.2. The quantitative estimate of drug-likeness (QED) is 0.536. The zero-order chi connectivity index (χ0) is 23.3. The van der Waals surface area contributed by atoms with Crippen LogP contribution in [0.15, 0.2) is 66.0 Å². The summed E-state index contributed by atoms with van der Waals surface area (Å²) >= 11 is 1.62. The third kappa shape index (κ3) is 5.17. The van der Waals surface area contributed by atoms with Gasteiger partial charge in [0.1, 0.15) is 0 Å². The zero-order valence-electron chi connectivity index (χ0n) is 19.3. The molecule has 1 aromatic heterocycles. The summed E-state index contributed by atoms with van der Waals surface area (Å²) in [6, 6.07) is 20.6. The van der Waals surface area contributed by atoms with E-state index in [0.717, 1.165) is 61.3 Å². The first-order valence-corrected chi connectivity index (χ1v) is 13.1. The molecule has 2 amide bonds. The average Bonchev–Trinajstić information content (AvgIpc) is 3.37. The molecule has 176 valence electrons. The van der Waals surface area contributed by atoms with E-state index in [4.69, 9.17) is 0 Å². The highest BCUT2D eigenvalue weighted by Crippen LogP contribution is 2.31. The smallest absolute Gasteiger partial charge is 0.253 e. The van der Waals surface area contributed by atoms with Gasteiger partial charge in [-0.05, 0) is 66.8 Å². The Morgan fingerprint density at radius 3 is 2.53 bits per heavy atom. The van der Waals surface area contributed by atoms with Crippen molar-refractivity contribution >= 4 is 28.8 Å². The molecule has 6 heteroatoms. The number of hydrogen-bond acceptors (Lipinski definition) is 4. The average molecular weight is 474 g/mol. The fourth-order valence-corrected chi connectivity index (χ4v) is 5.90. The Kier molecular flexibility index (Phi) is 6.95. The Bertz CT molecular complexity index is 1140. The number of nitrogens with one attached hydrogen (secondary N) is 2. The molecule has 2 aromatic carbocycles. The highest BCUT2D eigenvalue weighted by atomic mass is 32.1. The maximum absolute atomic E-state index is 13.4. The molecule has 0 radical (unpaired) electrons. The number of anilines is 1. The van der Waals surface area contributed by atoms with Gasteiger partial charge in [-0.15, -0.1) is 11.3 Å². The molecule has 0 saturated carbocycles. The lowest BCUT2D eigenvalue weighted by molar-refractivity contribution is -0.121. The third-order valence-corrected chi connectivity index (χ3v) is 7.82. The molecule has 1 aliphatic heterocycles. The SMILES string of the molecule is O=C(Cc1cccs1)NC1CCN(c2ccccc2C(=O)NC2CCCc3ccccc32)CC1. The molecule has 0 bridgehead atoms. The first-order valence-electron chi connectivity index (χ1n) is 12.2. The lowest BCUT2D eigenvalue weighted by Gasteiger charge is -2.35. The van der Waals surface area contributed by atoms with Crippen LogP contribution in [0.3, 0.4) is 0 Å². The van der Waals surface area contributed by atoms with Crippen LogP contribution in [0.2, 0.25) is 0 Å². The number of thiophene rings is 1. The topological polar surface area (TPSA) is 61.4 Å². The van der Waals surface area contributed by atoms with Crippen LogP contribution in [-0.2, 0) is 17.6 Å². The number of para-hydroxylation sites is 1. The van der Waals surface area contributed by atoms with Gasteiger partial charge in [0.05, 0.1) is 18.0 Å². The second-order valence-corrected chi connectivity index (χ2v) is 10.3. The van der Waals surface area contributed by atoms with Crippen LogP contribution in [0.5, 0.6) is 0 Å². The van der Waals surface area contributed by atoms with Gasteiger partial charge in [-0.2, -0.15) is 0 Å². The van der Waals surface area contributed by atoms with Gasteiger partial charge in [0.25, 0.3) is 5.91 Å². The van der Waals surface area contributed by atoms with Gasteiger partial charge in [0, 0.05) is 29.7 Å². The van der Waals surface area contributed by atoms with Crippen molar-refractivity contribution in [2.75, 3.05) is 18.0 Å². The first kappa shape index (κ1) is 22.7. The fraction of sp³-hybridized carbons (Fsp3) is 0.357.